The van der Waals surface area contributed by atoms with Gasteiger partial charge in [-0.25, -0.2) is 15.0 Å². The van der Waals surface area contributed by atoms with Gasteiger partial charge in [0, 0.05) is 30.3 Å². The predicted octanol–water partition coefficient (Wildman–Crippen LogP) is 5.07. The molecule has 0 aliphatic rings. The van der Waals surface area contributed by atoms with E-state index in [-0.39, 0.29) is 24.8 Å². The van der Waals surface area contributed by atoms with Crippen molar-refractivity contribution in [1.29, 1.82) is 0 Å². The lowest BCUT2D eigenvalue weighted by atomic mass is 10.3. The summed E-state index contributed by atoms with van der Waals surface area (Å²) < 4.78 is 7.79. The van der Waals surface area contributed by atoms with Crippen LogP contribution >= 0.6 is 36.2 Å². The van der Waals surface area contributed by atoms with Crippen molar-refractivity contribution in [2.75, 3.05) is 11.9 Å². The molecule has 1 aromatic carbocycles. The maximum Gasteiger partial charge on any atom is 0.227 e. The van der Waals surface area contributed by atoms with Crippen LogP contribution in [0.4, 0.5) is 11.6 Å². The Morgan fingerprint density at radius 3 is 2.79 bits per heavy atom. The lowest BCUT2D eigenvalue weighted by molar-refractivity contribution is 0.298. The molecule has 0 radical (unpaired) electrons. The fourth-order valence-corrected chi connectivity index (χ4v) is 3.16. The summed E-state index contributed by atoms with van der Waals surface area (Å²) >= 11 is 1.66. The summed E-state index contributed by atoms with van der Waals surface area (Å²) in [6.45, 7) is 1.33. The zero-order valence-corrected chi connectivity index (χ0v) is 17.2. The number of nitrogens with one attached hydrogen (secondary N) is 1. The van der Waals surface area contributed by atoms with Crippen molar-refractivity contribution < 1.29 is 4.74 Å². The van der Waals surface area contributed by atoms with Crippen molar-refractivity contribution in [3.05, 3.63) is 72.8 Å². The van der Waals surface area contributed by atoms with Gasteiger partial charge in [-0.3, -0.25) is 0 Å². The van der Waals surface area contributed by atoms with E-state index in [1.165, 1.54) is 0 Å². The second-order valence-electron chi connectivity index (χ2n) is 5.54. The van der Waals surface area contributed by atoms with E-state index in [0.29, 0.717) is 12.6 Å². The number of rotatable bonds is 7. The number of aromatic nitrogens is 4. The number of nitrogens with zero attached hydrogens (tertiary/aromatic N) is 4. The molecule has 0 bridgehead atoms. The monoisotopic (exact) mass is 435 g/mol. The smallest absolute Gasteiger partial charge is 0.227 e. The maximum absolute atomic E-state index is 5.81. The number of anilines is 2. The zero-order chi connectivity index (χ0) is 17.6. The van der Waals surface area contributed by atoms with Gasteiger partial charge in [-0.05, 0) is 29.6 Å². The first-order chi connectivity index (χ1) is 12.9. The van der Waals surface area contributed by atoms with Crippen molar-refractivity contribution in [3.8, 4) is 16.3 Å². The molecule has 1 N–H and O–H groups in total. The van der Waals surface area contributed by atoms with E-state index in [1.807, 2.05) is 58.6 Å². The molecule has 4 aromatic rings. The Bertz CT molecular complexity index is 964. The van der Waals surface area contributed by atoms with Gasteiger partial charge < -0.3 is 14.6 Å². The molecule has 6 nitrogen and oxygen atoms in total. The molecule has 0 saturated heterocycles. The summed E-state index contributed by atoms with van der Waals surface area (Å²) in [6, 6.07) is 13.7. The minimum Gasteiger partial charge on any atom is -0.492 e. The molecule has 0 spiro atoms. The van der Waals surface area contributed by atoms with Crippen molar-refractivity contribution in [3.63, 3.8) is 0 Å². The first-order valence-electron chi connectivity index (χ1n) is 8.19. The standard InChI is InChI=1S/C19H17N5OS.2ClH/c1-3-15(13-16(4-1)25-11-10-24-9-8-20-14-24)22-19-21-7-6-17(23-19)18-5-2-12-26-18;;/h1-9,12-14H,10-11H2,(H,21,22,23);2*1H. The molecule has 3 heterocycles. The van der Waals surface area contributed by atoms with Gasteiger partial charge in [-0.1, -0.05) is 12.1 Å². The number of imidazole rings is 1. The summed E-state index contributed by atoms with van der Waals surface area (Å²) in [4.78, 5) is 14.0. The summed E-state index contributed by atoms with van der Waals surface area (Å²) in [5.41, 5.74) is 1.79. The van der Waals surface area contributed by atoms with Gasteiger partial charge in [0.2, 0.25) is 5.95 Å². The van der Waals surface area contributed by atoms with Crippen molar-refractivity contribution >= 4 is 47.8 Å². The van der Waals surface area contributed by atoms with E-state index in [0.717, 1.165) is 28.6 Å². The van der Waals surface area contributed by atoms with Crippen LogP contribution in [0.25, 0.3) is 10.6 Å². The summed E-state index contributed by atoms with van der Waals surface area (Å²) in [5.74, 6) is 1.36. The minimum absolute atomic E-state index is 0. The highest BCUT2D eigenvalue weighted by Gasteiger charge is 2.04. The van der Waals surface area contributed by atoms with Gasteiger partial charge in [-0.15, -0.1) is 36.2 Å². The number of hydrogen-bond donors (Lipinski definition) is 1. The molecular formula is C19H19Cl2N5OS. The molecule has 146 valence electrons. The Balaban J connectivity index is 0.00000140. The number of halogens is 2. The molecule has 0 amide bonds. The molecular weight excluding hydrogens is 417 g/mol. The molecule has 0 aliphatic heterocycles. The van der Waals surface area contributed by atoms with Crippen LogP contribution in [0.2, 0.25) is 0 Å². The number of hydrogen-bond acceptors (Lipinski definition) is 6. The minimum atomic E-state index is 0. The Morgan fingerprint density at radius 1 is 1.07 bits per heavy atom. The van der Waals surface area contributed by atoms with Gasteiger partial charge in [0.15, 0.2) is 0 Å². The quantitative estimate of drug-likeness (QED) is 0.438. The van der Waals surface area contributed by atoms with Crippen LogP contribution in [-0.4, -0.2) is 26.1 Å². The van der Waals surface area contributed by atoms with E-state index in [9.17, 15) is 0 Å². The SMILES string of the molecule is Cl.Cl.c1cc(Nc2nccc(-c3cccs3)n2)cc(OCCn2ccnc2)c1. The summed E-state index contributed by atoms with van der Waals surface area (Å²) in [7, 11) is 0. The number of thiophene rings is 1. The highest BCUT2D eigenvalue weighted by Crippen LogP contribution is 2.24. The van der Waals surface area contributed by atoms with Crippen LogP contribution in [0, 0.1) is 0 Å². The van der Waals surface area contributed by atoms with Gasteiger partial charge in [-0.2, -0.15) is 0 Å². The fourth-order valence-electron chi connectivity index (χ4n) is 2.46. The van der Waals surface area contributed by atoms with Crippen LogP contribution in [0.3, 0.4) is 0 Å². The molecule has 28 heavy (non-hydrogen) atoms. The largest absolute Gasteiger partial charge is 0.492 e. The zero-order valence-electron chi connectivity index (χ0n) is 14.8. The van der Waals surface area contributed by atoms with Crippen LogP contribution in [0.15, 0.2) is 72.8 Å². The van der Waals surface area contributed by atoms with Crippen LogP contribution in [-0.2, 0) is 6.54 Å². The topological polar surface area (TPSA) is 64.9 Å². The molecule has 0 atom stereocenters. The average molecular weight is 436 g/mol. The van der Waals surface area contributed by atoms with Gasteiger partial charge >= 0.3 is 0 Å². The molecule has 0 unspecified atom stereocenters. The van der Waals surface area contributed by atoms with Gasteiger partial charge in [0.1, 0.15) is 12.4 Å². The van der Waals surface area contributed by atoms with Gasteiger partial charge in [0.25, 0.3) is 0 Å². The third-order valence-corrected chi connectivity index (χ3v) is 4.59. The maximum atomic E-state index is 5.81. The van der Waals surface area contributed by atoms with E-state index >= 15 is 0 Å². The van der Waals surface area contributed by atoms with Crippen LogP contribution in [0.5, 0.6) is 5.75 Å². The second-order valence-corrected chi connectivity index (χ2v) is 6.49. The molecule has 0 saturated carbocycles. The van der Waals surface area contributed by atoms with Crippen molar-refractivity contribution in [1.82, 2.24) is 19.5 Å². The Morgan fingerprint density at radius 2 is 2.00 bits per heavy atom. The highest BCUT2D eigenvalue weighted by molar-refractivity contribution is 7.13. The molecule has 3 aromatic heterocycles. The number of benzene rings is 1. The summed E-state index contributed by atoms with van der Waals surface area (Å²) in [6.07, 6.45) is 7.21. The van der Waals surface area contributed by atoms with E-state index in [4.69, 9.17) is 4.74 Å². The average Bonchev–Trinajstić information content (AvgIpc) is 3.37. The first-order valence-corrected chi connectivity index (χ1v) is 9.07. The fraction of sp³-hybridized carbons (Fsp3) is 0.105. The summed E-state index contributed by atoms with van der Waals surface area (Å²) in [5, 5.41) is 5.27. The third kappa shape index (κ3) is 5.69. The van der Waals surface area contributed by atoms with Crippen molar-refractivity contribution in [2.24, 2.45) is 0 Å². The first kappa shape index (κ1) is 21.7. The van der Waals surface area contributed by atoms with E-state index < -0.39 is 0 Å². The lowest BCUT2D eigenvalue weighted by Gasteiger charge is -2.10. The molecule has 0 fully saturated rings. The van der Waals surface area contributed by atoms with Crippen LogP contribution < -0.4 is 10.1 Å². The number of ether oxygens (including phenoxy) is 1. The highest BCUT2D eigenvalue weighted by atomic mass is 35.5. The van der Waals surface area contributed by atoms with Crippen molar-refractivity contribution in [2.45, 2.75) is 6.54 Å². The van der Waals surface area contributed by atoms with Gasteiger partial charge in [0.05, 0.1) is 23.4 Å². The normalized spacial score (nSPS) is 9.86. The van der Waals surface area contributed by atoms with Crippen LogP contribution in [0.1, 0.15) is 0 Å². The van der Waals surface area contributed by atoms with E-state index in [2.05, 4.69) is 20.3 Å². The van der Waals surface area contributed by atoms with E-state index in [1.54, 1.807) is 30.1 Å². The molecule has 4 rings (SSSR count). The Kier molecular flexibility index (Phi) is 8.25. The lowest BCUT2D eigenvalue weighted by Crippen LogP contribution is -2.06. The molecule has 0 aliphatic carbocycles. The Hall–Kier alpha value is -2.61. The Labute approximate surface area is 179 Å². The second kappa shape index (κ2) is 10.7. The molecule has 9 heteroatoms. The predicted molar refractivity (Wildman–Crippen MR) is 117 cm³/mol. The third-order valence-electron chi connectivity index (χ3n) is 3.70.